The van der Waals surface area contributed by atoms with Crippen molar-refractivity contribution in [2.45, 2.75) is 25.4 Å². The van der Waals surface area contributed by atoms with Gasteiger partial charge >= 0.3 is 0 Å². The topological polar surface area (TPSA) is 26.0 Å². The van der Waals surface area contributed by atoms with E-state index < -0.39 is 5.67 Å². The molecular weight excluding hydrogens is 273 g/mol. The molecule has 0 aliphatic heterocycles. The molecule has 1 aromatic carbocycles. The Morgan fingerprint density at radius 1 is 1.50 bits per heavy atom. The summed E-state index contributed by atoms with van der Waals surface area (Å²) in [6.07, 6.45) is 1.88. The fraction of sp³-hybridized carbons (Fsp3) is 0.417. The van der Waals surface area contributed by atoms with Gasteiger partial charge in [0.05, 0.1) is 0 Å². The first-order valence-corrected chi connectivity index (χ1v) is 6.12. The maximum absolute atomic E-state index is 14.5. The standard InChI is InChI=1S/C12H11BrFNO/c1-12(14,7-2-3-7)11-9-5-4-8(13)6-10(9)16-15-11/h4-7H,2-3H2,1H3. The van der Waals surface area contributed by atoms with Crippen LogP contribution in [-0.2, 0) is 5.67 Å². The number of rotatable bonds is 2. The van der Waals surface area contributed by atoms with Crippen molar-refractivity contribution in [2.75, 3.05) is 0 Å². The number of aromatic nitrogens is 1. The van der Waals surface area contributed by atoms with E-state index in [0.717, 1.165) is 22.7 Å². The maximum atomic E-state index is 14.5. The van der Waals surface area contributed by atoms with Gasteiger partial charge in [-0.3, -0.25) is 0 Å². The Hall–Kier alpha value is -0.900. The maximum Gasteiger partial charge on any atom is 0.168 e. The van der Waals surface area contributed by atoms with Gasteiger partial charge in [-0.2, -0.15) is 0 Å². The molecule has 1 atom stereocenters. The van der Waals surface area contributed by atoms with Crippen molar-refractivity contribution in [2.24, 2.45) is 5.92 Å². The number of fused-ring (bicyclic) bond motifs is 1. The number of nitrogens with zero attached hydrogens (tertiary/aromatic N) is 1. The Bertz CT molecular complexity index is 545. The SMILES string of the molecule is CC(F)(c1noc2cc(Br)ccc12)C1CC1. The zero-order chi connectivity index (χ0) is 11.3. The molecule has 0 bridgehead atoms. The third-order valence-corrected chi connectivity index (χ3v) is 3.73. The Morgan fingerprint density at radius 2 is 2.25 bits per heavy atom. The highest BCUT2D eigenvalue weighted by atomic mass is 79.9. The molecule has 4 heteroatoms. The summed E-state index contributed by atoms with van der Waals surface area (Å²) in [6, 6.07) is 5.55. The van der Waals surface area contributed by atoms with Gasteiger partial charge in [0.2, 0.25) is 0 Å². The van der Waals surface area contributed by atoms with Crippen LogP contribution < -0.4 is 0 Å². The van der Waals surface area contributed by atoms with E-state index in [-0.39, 0.29) is 5.92 Å². The first kappa shape index (κ1) is 10.3. The number of benzene rings is 1. The van der Waals surface area contributed by atoms with Crippen molar-refractivity contribution < 1.29 is 8.91 Å². The number of alkyl halides is 1. The van der Waals surface area contributed by atoms with Crippen molar-refractivity contribution in [3.63, 3.8) is 0 Å². The molecule has 1 aliphatic rings. The molecule has 0 radical (unpaired) electrons. The van der Waals surface area contributed by atoms with Crippen LogP contribution in [0.15, 0.2) is 27.2 Å². The fourth-order valence-electron chi connectivity index (χ4n) is 2.08. The summed E-state index contributed by atoms with van der Waals surface area (Å²) in [5.74, 6) is 0.101. The summed E-state index contributed by atoms with van der Waals surface area (Å²) in [7, 11) is 0. The highest BCUT2D eigenvalue weighted by Crippen LogP contribution is 2.49. The molecule has 1 fully saturated rings. The van der Waals surface area contributed by atoms with Gasteiger partial charge in [0.1, 0.15) is 5.69 Å². The van der Waals surface area contributed by atoms with E-state index in [4.69, 9.17) is 4.52 Å². The van der Waals surface area contributed by atoms with Gasteiger partial charge in [-0.1, -0.05) is 21.1 Å². The van der Waals surface area contributed by atoms with E-state index in [9.17, 15) is 4.39 Å². The second-order valence-corrected chi connectivity index (χ2v) is 5.44. The molecule has 16 heavy (non-hydrogen) atoms. The Morgan fingerprint density at radius 3 is 2.94 bits per heavy atom. The van der Waals surface area contributed by atoms with Gasteiger partial charge in [0.25, 0.3) is 0 Å². The van der Waals surface area contributed by atoms with Crippen LogP contribution in [0.4, 0.5) is 4.39 Å². The summed E-state index contributed by atoms with van der Waals surface area (Å²) in [4.78, 5) is 0. The summed E-state index contributed by atoms with van der Waals surface area (Å²) in [6.45, 7) is 1.60. The summed E-state index contributed by atoms with van der Waals surface area (Å²) in [5, 5.41) is 4.68. The van der Waals surface area contributed by atoms with Gasteiger partial charge < -0.3 is 4.52 Å². The Kier molecular flexibility index (Phi) is 2.11. The molecule has 1 aliphatic carbocycles. The first-order valence-electron chi connectivity index (χ1n) is 5.33. The van der Waals surface area contributed by atoms with Crippen LogP contribution in [0.2, 0.25) is 0 Å². The molecule has 2 aromatic rings. The summed E-state index contributed by atoms with van der Waals surface area (Å²) < 4.78 is 20.6. The molecule has 1 aromatic heterocycles. The lowest BCUT2D eigenvalue weighted by Gasteiger charge is -2.16. The normalized spacial score (nSPS) is 19.9. The molecule has 1 saturated carbocycles. The van der Waals surface area contributed by atoms with Crippen LogP contribution in [0.5, 0.6) is 0 Å². The molecule has 2 nitrogen and oxygen atoms in total. The minimum atomic E-state index is -1.36. The molecule has 1 unspecified atom stereocenters. The van der Waals surface area contributed by atoms with Crippen LogP contribution in [-0.4, -0.2) is 5.16 Å². The Labute approximate surface area is 101 Å². The van der Waals surface area contributed by atoms with Crippen molar-refractivity contribution in [3.8, 4) is 0 Å². The smallest absolute Gasteiger partial charge is 0.168 e. The second-order valence-electron chi connectivity index (χ2n) is 4.52. The number of halogens is 2. The molecular formula is C12H11BrFNO. The van der Waals surface area contributed by atoms with E-state index in [0.29, 0.717) is 11.3 Å². The third kappa shape index (κ3) is 1.47. The quantitative estimate of drug-likeness (QED) is 0.826. The van der Waals surface area contributed by atoms with Crippen molar-refractivity contribution in [1.29, 1.82) is 0 Å². The molecule has 0 N–H and O–H groups in total. The van der Waals surface area contributed by atoms with Gasteiger partial charge in [-0.25, -0.2) is 4.39 Å². The van der Waals surface area contributed by atoms with E-state index in [1.165, 1.54) is 0 Å². The van der Waals surface area contributed by atoms with Gasteiger partial charge in [-0.05, 0) is 43.9 Å². The van der Waals surface area contributed by atoms with Gasteiger partial charge in [0, 0.05) is 9.86 Å². The van der Waals surface area contributed by atoms with Gasteiger partial charge in [-0.15, -0.1) is 0 Å². The van der Waals surface area contributed by atoms with E-state index in [2.05, 4.69) is 21.1 Å². The van der Waals surface area contributed by atoms with Crippen molar-refractivity contribution in [1.82, 2.24) is 5.16 Å². The summed E-state index contributed by atoms with van der Waals surface area (Å²) >= 11 is 3.35. The molecule has 0 amide bonds. The van der Waals surface area contributed by atoms with Crippen LogP contribution in [0.25, 0.3) is 11.0 Å². The molecule has 1 heterocycles. The average Bonchev–Trinajstić information content (AvgIpc) is 2.99. The second kappa shape index (κ2) is 3.29. The highest BCUT2D eigenvalue weighted by Gasteiger charge is 2.46. The Balaban J connectivity index is 2.17. The fourth-order valence-corrected chi connectivity index (χ4v) is 2.42. The van der Waals surface area contributed by atoms with E-state index in [1.807, 2.05) is 18.2 Å². The van der Waals surface area contributed by atoms with Crippen LogP contribution in [0.1, 0.15) is 25.5 Å². The first-order chi connectivity index (χ1) is 7.59. The number of hydrogen-bond acceptors (Lipinski definition) is 2. The predicted octanol–water partition coefficient (Wildman–Crippen LogP) is 4.19. The number of hydrogen-bond donors (Lipinski definition) is 0. The van der Waals surface area contributed by atoms with E-state index >= 15 is 0 Å². The molecule has 84 valence electrons. The molecule has 0 spiro atoms. The highest BCUT2D eigenvalue weighted by molar-refractivity contribution is 9.10. The summed E-state index contributed by atoms with van der Waals surface area (Å²) in [5.41, 5.74) is -0.287. The zero-order valence-corrected chi connectivity index (χ0v) is 10.4. The minimum Gasteiger partial charge on any atom is -0.356 e. The predicted molar refractivity (Wildman–Crippen MR) is 62.9 cm³/mol. The third-order valence-electron chi connectivity index (χ3n) is 3.24. The lowest BCUT2D eigenvalue weighted by Crippen LogP contribution is -2.18. The largest absolute Gasteiger partial charge is 0.356 e. The monoisotopic (exact) mass is 283 g/mol. The van der Waals surface area contributed by atoms with Gasteiger partial charge in [0.15, 0.2) is 11.3 Å². The minimum absolute atomic E-state index is 0.101. The molecule has 0 saturated heterocycles. The lowest BCUT2D eigenvalue weighted by molar-refractivity contribution is 0.148. The lowest BCUT2D eigenvalue weighted by atomic mass is 9.96. The van der Waals surface area contributed by atoms with Crippen LogP contribution in [0.3, 0.4) is 0 Å². The molecule has 3 rings (SSSR count). The van der Waals surface area contributed by atoms with Crippen molar-refractivity contribution in [3.05, 3.63) is 28.4 Å². The van der Waals surface area contributed by atoms with Crippen LogP contribution >= 0.6 is 15.9 Å². The van der Waals surface area contributed by atoms with Crippen LogP contribution in [0, 0.1) is 5.92 Å². The van der Waals surface area contributed by atoms with E-state index in [1.54, 1.807) is 6.92 Å². The van der Waals surface area contributed by atoms with Crippen molar-refractivity contribution >= 4 is 26.9 Å². The average molecular weight is 284 g/mol. The zero-order valence-electron chi connectivity index (χ0n) is 8.84.